The van der Waals surface area contributed by atoms with E-state index in [1.165, 1.54) is 14.2 Å². The summed E-state index contributed by atoms with van der Waals surface area (Å²) >= 11 is 0. The van der Waals surface area contributed by atoms with Crippen molar-refractivity contribution < 1.29 is 28.6 Å². The van der Waals surface area contributed by atoms with Gasteiger partial charge in [-0.15, -0.1) is 0 Å². The van der Waals surface area contributed by atoms with Gasteiger partial charge in [0, 0.05) is 17.9 Å². The SMILES string of the molecule is COC(=O)C1(C(=O)OC)CCCC2(C)c3cc(OC)ccc3C(=O)CC12. The third kappa shape index (κ3) is 2.35. The molecule has 0 heterocycles. The fourth-order valence-corrected chi connectivity index (χ4v) is 4.95. The number of hydrogen-bond donors (Lipinski definition) is 0. The minimum Gasteiger partial charge on any atom is -0.497 e. The first-order valence-electron chi connectivity index (χ1n) is 8.73. The van der Waals surface area contributed by atoms with Crippen LogP contribution in [0.2, 0.25) is 0 Å². The van der Waals surface area contributed by atoms with Gasteiger partial charge in [-0.2, -0.15) is 0 Å². The van der Waals surface area contributed by atoms with Crippen LogP contribution in [0, 0.1) is 11.3 Å². The number of carbonyl (C=O) groups is 3. The van der Waals surface area contributed by atoms with Gasteiger partial charge in [0.15, 0.2) is 11.2 Å². The zero-order chi connectivity index (χ0) is 19.1. The Morgan fingerprint density at radius 2 is 1.73 bits per heavy atom. The van der Waals surface area contributed by atoms with Gasteiger partial charge in [0.1, 0.15) is 5.75 Å². The maximum Gasteiger partial charge on any atom is 0.323 e. The molecule has 2 unspecified atom stereocenters. The van der Waals surface area contributed by atoms with E-state index in [2.05, 4.69) is 0 Å². The molecule has 0 aliphatic heterocycles. The smallest absolute Gasteiger partial charge is 0.323 e. The molecule has 0 aromatic heterocycles. The van der Waals surface area contributed by atoms with Crippen molar-refractivity contribution in [2.75, 3.05) is 21.3 Å². The minimum atomic E-state index is -1.47. The Kier molecular flexibility index (Phi) is 4.54. The zero-order valence-corrected chi connectivity index (χ0v) is 15.6. The molecule has 6 nitrogen and oxygen atoms in total. The van der Waals surface area contributed by atoms with Crippen molar-refractivity contribution in [3.63, 3.8) is 0 Å². The van der Waals surface area contributed by atoms with E-state index in [1.807, 2.05) is 13.0 Å². The zero-order valence-electron chi connectivity index (χ0n) is 15.6. The first-order valence-corrected chi connectivity index (χ1v) is 8.73. The number of rotatable bonds is 3. The fourth-order valence-electron chi connectivity index (χ4n) is 4.95. The molecule has 26 heavy (non-hydrogen) atoms. The molecule has 1 aromatic carbocycles. The van der Waals surface area contributed by atoms with Gasteiger partial charge >= 0.3 is 11.9 Å². The van der Waals surface area contributed by atoms with Crippen LogP contribution in [-0.2, 0) is 24.5 Å². The van der Waals surface area contributed by atoms with Crippen molar-refractivity contribution >= 4 is 17.7 Å². The average Bonchev–Trinajstić information content (AvgIpc) is 2.67. The van der Waals surface area contributed by atoms with Crippen molar-refractivity contribution in [2.45, 2.75) is 38.0 Å². The first-order chi connectivity index (χ1) is 12.3. The topological polar surface area (TPSA) is 78.9 Å². The Morgan fingerprint density at radius 3 is 2.31 bits per heavy atom. The van der Waals surface area contributed by atoms with Crippen LogP contribution in [0.15, 0.2) is 18.2 Å². The molecular formula is C20H24O6. The van der Waals surface area contributed by atoms with Crippen molar-refractivity contribution in [3.8, 4) is 5.75 Å². The molecule has 1 aromatic rings. The quantitative estimate of drug-likeness (QED) is 0.609. The lowest BCUT2D eigenvalue weighted by Gasteiger charge is -2.52. The second-order valence-corrected chi connectivity index (χ2v) is 7.32. The predicted molar refractivity (Wildman–Crippen MR) is 93.1 cm³/mol. The predicted octanol–water partition coefficient (Wildman–Crippen LogP) is 2.67. The molecule has 0 saturated heterocycles. The molecule has 3 rings (SSSR count). The second kappa shape index (κ2) is 6.41. The van der Waals surface area contributed by atoms with E-state index >= 15 is 0 Å². The molecule has 6 heteroatoms. The Hall–Kier alpha value is -2.37. The van der Waals surface area contributed by atoms with E-state index in [9.17, 15) is 14.4 Å². The lowest BCUT2D eigenvalue weighted by molar-refractivity contribution is -0.180. The second-order valence-electron chi connectivity index (χ2n) is 7.32. The summed E-state index contributed by atoms with van der Waals surface area (Å²) < 4.78 is 15.3. The van der Waals surface area contributed by atoms with Crippen LogP contribution in [0.4, 0.5) is 0 Å². The summed E-state index contributed by atoms with van der Waals surface area (Å²) in [6.07, 6.45) is 1.85. The number of Topliss-reactive ketones (excluding diaryl/α,β-unsaturated/α-hetero) is 1. The molecule has 1 saturated carbocycles. The van der Waals surface area contributed by atoms with E-state index in [-0.39, 0.29) is 12.2 Å². The van der Waals surface area contributed by atoms with Gasteiger partial charge in [-0.25, -0.2) is 0 Å². The number of hydrogen-bond acceptors (Lipinski definition) is 6. The van der Waals surface area contributed by atoms with Gasteiger partial charge in [-0.1, -0.05) is 13.3 Å². The lowest BCUT2D eigenvalue weighted by atomic mass is 9.49. The molecule has 0 radical (unpaired) electrons. The third-order valence-corrected chi connectivity index (χ3v) is 6.26. The minimum absolute atomic E-state index is 0.0794. The first kappa shape index (κ1) is 18.4. The molecule has 2 atom stereocenters. The third-order valence-electron chi connectivity index (χ3n) is 6.26. The monoisotopic (exact) mass is 360 g/mol. The number of ketones is 1. The van der Waals surface area contributed by atoms with Crippen molar-refractivity contribution in [2.24, 2.45) is 11.3 Å². The largest absolute Gasteiger partial charge is 0.497 e. The Bertz CT molecular complexity index is 752. The van der Waals surface area contributed by atoms with E-state index < -0.39 is 28.7 Å². The molecular weight excluding hydrogens is 336 g/mol. The molecule has 0 bridgehead atoms. The van der Waals surface area contributed by atoms with E-state index in [0.29, 0.717) is 24.2 Å². The van der Waals surface area contributed by atoms with Crippen molar-refractivity contribution in [1.29, 1.82) is 0 Å². The van der Waals surface area contributed by atoms with E-state index in [1.54, 1.807) is 19.2 Å². The number of methoxy groups -OCH3 is 3. The fraction of sp³-hybridized carbons (Fsp3) is 0.550. The number of fused-ring (bicyclic) bond motifs is 3. The Morgan fingerprint density at radius 1 is 1.08 bits per heavy atom. The number of carbonyl (C=O) groups excluding carboxylic acids is 3. The number of ether oxygens (including phenoxy) is 3. The highest BCUT2D eigenvalue weighted by atomic mass is 16.5. The van der Waals surface area contributed by atoms with Crippen LogP contribution in [-0.4, -0.2) is 39.1 Å². The summed E-state index contributed by atoms with van der Waals surface area (Å²) in [5, 5.41) is 0. The van der Waals surface area contributed by atoms with Crippen LogP contribution in [0.1, 0.15) is 48.5 Å². The van der Waals surface area contributed by atoms with Gasteiger partial charge in [0.2, 0.25) is 0 Å². The van der Waals surface area contributed by atoms with Gasteiger partial charge in [-0.05, 0) is 42.0 Å². The summed E-state index contributed by atoms with van der Waals surface area (Å²) in [5.41, 5.74) is -0.532. The molecule has 0 N–H and O–H groups in total. The van der Waals surface area contributed by atoms with Crippen LogP contribution in [0.5, 0.6) is 5.75 Å². The molecule has 140 valence electrons. The summed E-state index contributed by atoms with van der Waals surface area (Å²) in [7, 11) is 4.10. The normalized spacial score (nSPS) is 26.3. The highest BCUT2D eigenvalue weighted by Gasteiger charge is 2.64. The summed E-state index contributed by atoms with van der Waals surface area (Å²) in [5.74, 6) is -1.20. The maximum atomic E-state index is 12.8. The highest BCUT2D eigenvalue weighted by molar-refractivity contribution is 6.05. The number of benzene rings is 1. The summed E-state index contributed by atoms with van der Waals surface area (Å²) in [4.78, 5) is 38.4. The average molecular weight is 360 g/mol. The van der Waals surface area contributed by atoms with Crippen LogP contribution in [0.3, 0.4) is 0 Å². The summed E-state index contributed by atoms with van der Waals surface area (Å²) in [6.45, 7) is 2.02. The van der Waals surface area contributed by atoms with Gasteiger partial charge in [0.05, 0.1) is 21.3 Å². The standard InChI is InChI=1S/C20H24O6/c1-19-8-5-9-20(17(22)25-3,18(23)26-4)16(19)11-15(21)13-7-6-12(24-2)10-14(13)19/h6-7,10,16H,5,8-9,11H2,1-4H3. The molecule has 0 spiro atoms. The van der Waals surface area contributed by atoms with Crippen LogP contribution in [0.25, 0.3) is 0 Å². The number of esters is 2. The Labute approximate surface area is 152 Å². The van der Waals surface area contributed by atoms with E-state index in [4.69, 9.17) is 14.2 Å². The molecule has 1 fully saturated rings. The van der Waals surface area contributed by atoms with Gasteiger partial charge in [0.25, 0.3) is 0 Å². The van der Waals surface area contributed by atoms with Gasteiger partial charge < -0.3 is 14.2 Å². The van der Waals surface area contributed by atoms with Crippen LogP contribution < -0.4 is 4.74 Å². The summed E-state index contributed by atoms with van der Waals surface area (Å²) in [6, 6.07) is 5.38. The highest BCUT2D eigenvalue weighted by Crippen LogP contribution is 2.58. The van der Waals surface area contributed by atoms with Crippen molar-refractivity contribution in [1.82, 2.24) is 0 Å². The van der Waals surface area contributed by atoms with Crippen molar-refractivity contribution in [3.05, 3.63) is 29.3 Å². The maximum absolute atomic E-state index is 12.8. The molecule has 0 amide bonds. The molecule has 2 aliphatic carbocycles. The van der Waals surface area contributed by atoms with Crippen LogP contribution >= 0.6 is 0 Å². The van der Waals surface area contributed by atoms with E-state index in [0.717, 1.165) is 12.0 Å². The Balaban J connectivity index is 2.23. The molecule has 2 aliphatic rings. The lowest BCUT2D eigenvalue weighted by Crippen LogP contribution is -2.58. The van der Waals surface area contributed by atoms with Gasteiger partial charge in [-0.3, -0.25) is 14.4 Å².